The van der Waals surface area contributed by atoms with Gasteiger partial charge in [0, 0.05) is 48.8 Å². The third-order valence-corrected chi connectivity index (χ3v) is 5.25. The predicted molar refractivity (Wildman–Crippen MR) is 106 cm³/mol. The highest BCUT2D eigenvalue weighted by Gasteiger charge is 2.23. The minimum Gasteiger partial charge on any atom is -0.360 e. The lowest BCUT2D eigenvalue weighted by molar-refractivity contribution is -0.132. The van der Waals surface area contributed by atoms with Gasteiger partial charge in [-0.05, 0) is 23.8 Å². The highest BCUT2D eigenvalue weighted by atomic mass is 19.1. The number of aromatic nitrogens is 1. The lowest BCUT2D eigenvalue weighted by Gasteiger charge is -2.34. The van der Waals surface area contributed by atoms with Gasteiger partial charge in [0.1, 0.15) is 5.82 Å². The van der Waals surface area contributed by atoms with Gasteiger partial charge in [-0.25, -0.2) is 4.39 Å². The van der Waals surface area contributed by atoms with Crippen LogP contribution in [-0.2, 0) is 11.2 Å². The maximum atomic E-state index is 13.0. The number of hydrogen-bond acceptors (Lipinski definition) is 3. The van der Waals surface area contributed by atoms with Gasteiger partial charge in [-0.15, -0.1) is 0 Å². The first kappa shape index (κ1) is 18.4. The third kappa shape index (κ3) is 3.97. The Morgan fingerprint density at radius 3 is 2.43 bits per heavy atom. The van der Waals surface area contributed by atoms with Crippen molar-refractivity contribution < 1.29 is 14.0 Å². The van der Waals surface area contributed by atoms with Crippen LogP contribution in [0, 0.1) is 5.82 Å². The second kappa shape index (κ2) is 7.94. The van der Waals surface area contributed by atoms with E-state index in [1.807, 2.05) is 29.2 Å². The molecule has 1 aliphatic rings. The number of carbonyl (C=O) groups is 2. The average molecular weight is 379 g/mol. The molecule has 28 heavy (non-hydrogen) atoms. The van der Waals surface area contributed by atoms with Gasteiger partial charge in [0.25, 0.3) is 0 Å². The molecule has 1 aliphatic heterocycles. The van der Waals surface area contributed by atoms with Crippen molar-refractivity contribution in [3.8, 4) is 0 Å². The monoisotopic (exact) mass is 379 g/mol. The van der Waals surface area contributed by atoms with E-state index in [2.05, 4.69) is 9.88 Å². The summed E-state index contributed by atoms with van der Waals surface area (Å²) in [7, 11) is 0. The summed E-state index contributed by atoms with van der Waals surface area (Å²) in [6.07, 6.45) is 2.05. The van der Waals surface area contributed by atoms with Crippen molar-refractivity contribution in [1.82, 2.24) is 14.8 Å². The minimum absolute atomic E-state index is 0.0363. The van der Waals surface area contributed by atoms with Crippen molar-refractivity contribution in [3.05, 3.63) is 71.7 Å². The SMILES string of the molecule is O=C(CN1CCN(C(=O)Cc2ccc(F)cc2)CC1)c1c[nH]c2ccccc12. The van der Waals surface area contributed by atoms with Gasteiger partial charge < -0.3 is 9.88 Å². The molecule has 0 bridgehead atoms. The average Bonchev–Trinajstić information content (AvgIpc) is 3.14. The van der Waals surface area contributed by atoms with E-state index >= 15 is 0 Å². The van der Waals surface area contributed by atoms with Gasteiger partial charge >= 0.3 is 0 Å². The molecule has 0 atom stereocenters. The zero-order valence-corrected chi connectivity index (χ0v) is 15.5. The van der Waals surface area contributed by atoms with Crippen molar-refractivity contribution in [2.45, 2.75) is 6.42 Å². The number of H-pyrrole nitrogens is 1. The van der Waals surface area contributed by atoms with Crippen LogP contribution in [0.1, 0.15) is 15.9 Å². The van der Waals surface area contributed by atoms with Gasteiger partial charge in [-0.2, -0.15) is 0 Å². The Labute approximate surface area is 162 Å². The molecular weight excluding hydrogens is 357 g/mol. The molecule has 0 saturated carbocycles. The second-order valence-electron chi connectivity index (χ2n) is 7.13. The highest BCUT2D eigenvalue weighted by molar-refractivity contribution is 6.08. The van der Waals surface area contributed by atoms with Crippen LogP contribution in [0.15, 0.2) is 54.7 Å². The molecule has 1 saturated heterocycles. The number of Topliss-reactive ketones (excluding diaryl/α,β-unsaturated/α-hetero) is 1. The zero-order valence-electron chi connectivity index (χ0n) is 15.5. The molecule has 0 spiro atoms. The van der Waals surface area contributed by atoms with E-state index in [0.29, 0.717) is 38.3 Å². The predicted octanol–water partition coefficient (Wildman–Crippen LogP) is 2.88. The first-order valence-corrected chi connectivity index (χ1v) is 9.44. The maximum absolute atomic E-state index is 13.0. The Morgan fingerprint density at radius 1 is 0.964 bits per heavy atom. The molecule has 3 aromatic rings. The van der Waals surface area contributed by atoms with E-state index in [9.17, 15) is 14.0 Å². The number of rotatable bonds is 5. The lowest BCUT2D eigenvalue weighted by atomic mass is 10.1. The number of fused-ring (bicyclic) bond motifs is 1. The summed E-state index contributed by atoms with van der Waals surface area (Å²) in [6, 6.07) is 13.8. The molecular formula is C22H22FN3O2. The minimum atomic E-state index is -0.301. The van der Waals surface area contributed by atoms with Crippen LogP contribution in [-0.4, -0.2) is 59.2 Å². The Hall–Kier alpha value is -2.99. The van der Waals surface area contributed by atoms with Crippen molar-refractivity contribution in [2.24, 2.45) is 0 Å². The number of halogens is 1. The summed E-state index contributed by atoms with van der Waals surface area (Å²) in [5, 5.41) is 0.945. The van der Waals surface area contributed by atoms with Crippen molar-refractivity contribution in [2.75, 3.05) is 32.7 Å². The fraction of sp³-hybridized carbons (Fsp3) is 0.273. The number of benzene rings is 2. The van der Waals surface area contributed by atoms with Crippen LogP contribution in [0.5, 0.6) is 0 Å². The number of nitrogens with one attached hydrogen (secondary N) is 1. The van der Waals surface area contributed by atoms with Gasteiger partial charge in [0.15, 0.2) is 5.78 Å². The summed E-state index contributed by atoms with van der Waals surface area (Å²) in [6.45, 7) is 2.89. The van der Waals surface area contributed by atoms with E-state index in [-0.39, 0.29) is 23.9 Å². The highest BCUT2D eigenvalue weighted by Crippen LogP contribution is 2.19. The molecule has 1 amide bonds. The largest absolute Gasteiger partial charge is 0.360 e. The van der Waals surface area contributed by atoms with Gasteiger partial charge in [-0.1, -0.05) is 30.3 Å². The summed E-state index contributed by atoms with van der Waals surface area (Å²) in [4.78, 5) is 32.2. The Bertz CT molecular complexity index is 988. The number of para-hydroxylation sites is 1. The molecule has 5 nitrogen and oxygen atoms in total. The van der Waals surface area contributed by atoms with E-state index in [1.54, 1.807) is 18.3 Å². The van der Waals surface area contributed by atoms with E-state index in [4.69, 9.17) is 0 Å². The van der Waals surface area contributed by atoms with Crippen LogP contribution in [0.2, 0.25) is 0 Å². The molecule has 2 heterocycles. The molecule has 0 radical (unpaired) electrons. The van der Waals surface area contributed by atoms with Crippen LogP contribution >= 0.6 is 0 Å². The zero-order chi connectivity index (χ0) is 19.5. The number of hydrogen-bond donors (Lipinski definition) is 1. The van der Waals surface area contributed by atoms with E-state index < -0.39 is 0 Å². The van der Waals surface area contributed by atoms with Crippen molar-refractivity contribution in [1.29, 1.82) is 0 Å². The number of aromatic amines is 1. The topological polar surface area (TPSA) is 56.4 Å². The first-order chi connectivity index (χ1) is 13.6. The fourth-order valence-electron chi connectivity index (χ4n) is 3.63. The van der Waals surface area contributed by atoms with E-state index in [0.717, 1.165) is 16.5 Å². The normalized spacial score (nSPS) is 15.1. The molecule has 6 heteroatoms. The fourth-order valence-corrected chi connectivity index (χ4v) is 3.63. The van der Waals surface area contributed by atoms with Gasteiger partial charge in [0.05, 0.1) is 13.0 Å². The van der Waals surface area contributed by atoms with Gasteiger partial charge in [-0.3, -0.25) is 14.5 Å². The molecule has 2 aromatic carbocycles. The van der Waals surface area contributed by atoms with Crippen LogP contribution in [0.3, 0.4) is 0 Å². The second-order valence-corrected chi connectivity index (χ2v) is 7.13. The summed E-state index contributed by atoms with van der Waals surface area (Å²) >= 11 is 0. The number of ketones is 1. The van der Waals surface area contributed by atoms with Crippen LogP contribution < -0.4 is 0 Å². The lowest BCUT2D eigenvalue weighted by Crippen LogP contribution is -2.50. The molecule has 1 fully saturated rings. The van der Waals surface area contributed by atoms with Crippen molar-refractivity contribution >= 4 is 22.6 Å². The molecule has 1 aromatic heterocycles. The molecule has 144 valence electrons. The quantitative estimate of drug-likeness (QED) is 0.694. The molecule has 4 rings (SSSR count). The Morgan fingerprint density at radius 2 is 1.68 bits per heavy atom. The number of carbonyl (C=O) groups excluding carboxylic acids is 2. The van der Waals surface area contributed by atoms with Crippen LogP contribution in [0.4, 0.5) is 4.39 Å². The first-order valence-electron chi connectivity index (χ1n) is 9.44. The number of piperazine rings is 1. The summed E-state index contributed by atoms with van der Waals surface area (Å²) < 4.78 is 13.0. The third-order valence-electron chi connectivity index (χ3n) is 5.25. The summed E-state index contributed by atoms with van der Waals surface area (Å²) in [5.74, 6) is -0.178. The number of nitrogens with zero attached hydrogens (tertiary/aromatic N) is 2. The number of amides is 1. The standard InChI is InChI=1S/C22H22FN3O2/c23-17-7-5-16(6-8-17)13-22(28)26-11-9-25(10-12-26)15-21(27)19-14-24-20-4-2-1-3-18(19)20/h1-8,14,24H,9-13,15H2. The molecule has 0 unspecified atom stereocenters. The maximum Gasteiger partial charge on any atom is 0.227 e. The smallest absolute Gasteiger partial charge is 0.227 e. The Balaban J connectivity index is 1.31. The summed E-state index contributed by atoms with van der Waals surface area (Å²) in [5.41, 5.74) is 2.48. The Kier molecular flexibility index (Phi) is 5.21. The van der Waals surface area contributed by atoms with Crippen LogP contribution in [0.25, 0.3) is 10.9 Å². The van der Waals surface area contributed by atoms with Gasteiger partial charge in [0.2, 0.25) is 5.91 Å². The van der Waals surface area contributed by atoms with E-state index in [1.165, 1.54) is 12.1 Å². The van der Waals surface area contributed by atoms with Crippen molar-refractivity contribution in [3.63, 3.8) is 0 Å². The molecule has 0 aliphatic carbocycles. The molecule has 1 N–H and O–H groups in total.